The van der Waals surface area contributed by atoms with Crippen molar-refractivity contribution < 1.29 is 15.7 Å². The van der Waals surface area contributed by atoms with Gasteiger partial charge < -0.3 is 14.8 Å². The Labute approximate surface area is 164 Å². The number of anilines is 1. The number of hydrogen-bond donors (Lipinski definition) is 1. The number of aryl methyl sites for hydroxylation is 1. The van der Waals surface area contributed by atoms with Crippen LogP contribution in [0.2, 0.25) is 0 Å². The maximum atomic E-state index is 13.0. The molecule has 1 aromatic heterocycles. The van der Waals surface area contributed by atoms with E-state index in [1.54, 1.807) is 6.20 Å². The van der Waals surface area contributed by atoms with E-state index in [1.165, 1.54) is 5.56 Å². The Hall–Kier alpha value is -3.34. The van der Waals surface area contributed by atoms with Crippen molar-refractivity contribution in [2.24, 2.45) is 0 Å². The molecule has 0 saturated heterocycles. The fourth-order valence-corrected chi connectivity index (χ4v) is 3.67. The molecule has 0 radical (unpaired) electrons. The third-order valence-electron chi connectivity index (χ3n) is 5.47. The average molecular weight is 374 g/mol. The van der Waals surface area contributed by atoms with Gasteiger partial charge in [0.25, 0.3) is 0 Å². The summed E-state index contributed by atoms with van der Waals surface area (Å²) in [5.74, 6) is 1.97. The van der Waals surface area contributed by atoms with E-state index < -0.39 is 5.41 Å². The van der Waals surface area contributed by atoms with Gasteiger partial charge in [-0.3, -0.25) is 4.79 Å². The van der Waals surface area contributed by atoms with E-state index in [1.807, 2.05) is 36.4 Å². The van der Waals surface area contributed by atoms with E-state index in [4.69, 9.17) is 9.47 Å². The number of carbonyl (C=O) groups is 1. The van der Waals surface area contributed by atoms with Crippen LogP contribution in [0.4, 0.5) is 5.82 Å². The van der Waals surface area contributed by atoms with Gasteiger partial charge in [0.1, 0.15) is 5.82 Å². The molecule has 5 nitrogen and oxygen atoms in total. The molecule has 0 spiro atoms. The van der Waals surface area contributed by atoms with Gasteiger partial charge >= 0.3 is 0 Å². The molecule has 2 aliphatic rings. The first kappa shape index (κ1) is 16.8. The van der Waals surface area contributed by atoms with E-state index in [-0.39, 0.29) is 14.1 Å². The van der Waals surface area contributed by atoms with Crippen molar-refractivity contribution in [2.75, 3.05) is 12.1 Å². The molecule has 28 heavy (non-hydrogen) atoms. The van der Waals surface area contributed by atoms with Gasteiger partial charge in [0.15, 0.2) is 11.5 Å². The Balaban J connectivity index is 0.00000205. The van der Waals surface area contributed by atoms with E-state index in [0.717, 1.165) is 35.3 Å². The molecule has 1 amide bonds. The second-order valence-electron chi connectivity index (χ2n) is 7.41. The summed E-state index contributed by atoms with van der Waals surface area (Å²) in [7, 11) is 0. The largest absolute Gasteiger partial charge is 0.454 e. The maximum absolute atomic E-state index is 13.0. The van der Waals surface area contributed by atoms with Crippen molar-refractivity contribution >= 4 is 11.7 Å². The van der Waals surface area contributed by atoms with Gasteiger partial charge in [-0.25, -0.2) is 4.98 Å². The van der Waals surface area contributed by atoms with Crippen molar-refractivity contribution in [2.45, 2.75) is 25.2 Å². The number of rotatable bonds is 4. The highest BCUT2D eigenvalue weighted by Gasteiger charge is 2.51. The van der Waals surface area contributed by atoms with Crippen LogP contribution in [-0.4, -0.2) is 17.7 Å². The molecule has 0 atom stereocenters. The van der Waals surface area contributed by atoms with Gasteiger partial charge in [-0.1, -0.05) is 35.9 Å². The highest BCUT2D eigenvalue weighted by Crippen LogP contribution is 2.51. The van der Waals surface area contributed by atoms with E-state index >= 15 is 0 Å². The molecule has 142 valence electrons. The predicted molar refractivity (Wildman–Crippen MR) is 109 cm³/mol. The zero-order valence-electron chi connectivity index (χ0n) is 15.6. The lowest BCUT2D eigenvalue weighted by Gasteiger charge is -2.16. The quantitative estimate of drug-likeness (QED) is 0.719. The maximum Gasteiger partial charge on any atom is 0.236 e. The highest BCUT2D eigenvalue weighted by molar-refractivity contribution is 6.01. The van der Waals surface area contributed by atoms with Gasteiger partial charge in [0.05, 0.1) is 5.41 Å². The van der Waals surface area contributed by atoms with E-state index in [2.05, 4.69) is 35.4 Å². The van der Waals surface area contributed by atoms with Gasteiger partial charge in [0, 0.05) is 13.2 Å². The molecule has 3 aromatic rings. The first-order valence-electron chi connectivity index (χ1n) is 9.39. The average Bonchev–Trinajstić information content (AvgIpc) is 3.40. The number of fused-ring (bicyclic) bond motifs is 1. The minimum absolute atomic E-state index is 0. The zero-order chi connectivity index (χ0) is 19.1. The minimum atomic E-state index is -0.502. The molecule has 5 rings (SSSR count). The molecule has 2 aromatic carbocycles. The summed E-state index contributed by atoms with van der Waals surface area (Å²) >= 11 is 0. The van der Waals surface area contributed by atoms with Crippen LogP contribution >= 0.6 is 0 Å². The van der Waals surface area contributed by atoms with E-state index in [9.17, 15) is 4.79 Å². The zero-order valence-corrected chi connectivity index (χ0v) is 15.6. The number of nitrogens with zero attached hydrogens (tertiary/aromatic N) is 1. The summed E-state index contributed by atoms with van der Waals surface area (Å²) in [6, 6.07) is 17.9. The number of amides is 1. The Morgan fingerprint density at radius 2 is 1.89 bits per heavy atom. The Morgan fingerprint density at radius 3 is 2.64 bits per heavy atom. The second-order valence-corrected chi connectivity index (χ2v) is 7.41. The predicted octanol–water partition coefficient (Wildman–Crippen LogP) is 4.70. The Kier molecular flexibility index (Phi) is 3.83. The first-order valence-corrected chi connectivity index (χ1v) is 9.39. The molecular formula is C23H22N2O3. The van der Waals surface area contributed by atoms with Crippen molar-refractivity contribution in [3.05, 3.63) is 71.9 Å². The number of carbonyl (C=O) groups excluding carboxylic acids is 1. The van der Waals surface area contributed by atoms with Gasteiger partial charge in [-0.05, 0) is 55.2 Å². The van der Waals surface area contributed by atoms with Crippen LogP contribution in [0.15, 0.2) is 60.8 Å². The van der Waals surface area contributed by atoms with E-state index in [0.29, 0.717) is 11.6 Å². The molecule has 0 unspecified atom stereocenters. The first-order chi connectivity index (χ1) is 13.6. The van der Waals surface area contributed by atoms with Crippen LogP contribution in [0.25, 0.3) is 11.1 Å². The number of ether oxygens (including phenoxy) is 2. The lowest BCUT2D eigenvalue weighted by molar-refractivity contribution is -0.118. The Bertz CT molecular complexity index is 1060. The molecular weight excluding hydrogens is 352 g/mol. The van der Waals surface area contributed by atoms with Crippen LogP contribution in [0.1, 0.15) is 25.4 Å². The number of nitrogens with one attached hydrogen (secondary N) is 1. The number of benzene rings is 2. The summed E-state index contributed by atoms with van der Waals surface area (Å²) < 4.78 is 10.8. The molecule has 1 aliphatic carbocycles. The Morgan fingerprint density at radius 1 is 1.04 bits per heavy atom. The van der Waals surface area contributed by atoms with Crippen LogP contribution in [0, 0.1) is 6.92 Å². The van der Waals surface area contributed by atoms with Crippen molar-refractivity contribution in [3.63, 3.8) is 0 Å². The standard InChI is InChI=1S/C23H20N2O3.H2/c1-15-3-2-4-16(11-15)17-5-8-21(24-13-17)25-22(26)23(9-10-23)18-6-7-19-20(12-18)28-14-27-19;/h2-8,11-13H,9-10,14H2,1H3,(H,24,25,26);1H. The molecule has 5 heteroatoms. The highest BCUT2D eigenvalue weighted by atomic mass is 16.7. The lowest BCUT2D eigenvalue weighted by atomic mass is 9.94. The number of aromatic nitrogens is 1. The summed E-state index contributed by atoms with van der Waals surface area (Å²) in [5, 5.41) is 2.98. The van der Waals surface area contributed by atoms with Gasteiger partial charge in [-0.15, -0.1) is 0 Å². The molecule has 1 fully saturated rings. The fraction of sp³-hybridized carbons (Fsp3) is 0.217. The fourth-order valence-electron chi connectivity index (χ4n) is 3.67. The topological polar surface area (TPSA) is 60.5 Å². The van der Waals surface area contributed by atoms with Gasteiger partial charge in [0.2, 0.25) is 12.7 Å². The summed E-state index contributed by atoms with van der Waals surface area (Å²) in [4.78, 5) is 17.4. The SMILES string of the molecule is Cc1cccc(-c2ccc(NC(=O)C3(c4ccc5c(c4)OCO5)CC3)nc2)c1.[HH]. The van der Waals surface area contributed by atoms with Crippen LogP contribution in [0.3, 0.4) is 0 Å². The smallest absolute Gasteiger partial charge is 0.236 e. The molecule has 1 saturated carbocycles. The summed E-state index contributed by atoms with van der Waals surface area (Å²) in [6.07, 6.45) is 3.43. The third kappa shape index (κ3) is 2.89. The minimum Gasteiger partial charge on any atom is -0.454 e. The molecule has 1 aliphatic heterocycles. The second kappa shape index (κ2) is 6.37. The van der Waals surface area contributed by atoms with Crippen LogP contribution in [0.5, 0.6) is 11.5 Å². The summed E-state index contributed by atoms with van der Waals surface area (Å²) in [5.41, 5.74) is 3.81. The number of hydrogen-bond acceptors (Lipinski definition) is 4. The normalized spacial score (nSPS) is 15.9. The monoisotopic (exact) mass is 374 g/mol. The molecule has 1 N–H and O–H groups in total. The molecule has 2 heterocycles. The lowest BCUT2D eigenvalue weighted by Crippen LogP contribution is -2.28. The van der Waals surface area contributed by atoms with Crippen LogP contribution < -0.4 is 14.8 Å². The van der Waals surface area contributed by atoms with Crippen molar-refractivity contribution in [1.82, 2.24) is 4.98 Å². The van der Waals surface area contributed by atoms with Crippen molar-refractivity contribution in [1.29, 1.82) is 0 Å². The van der Waals surface area contributed by atoms with Crippen LogP contribution in [-0.2, 0) is 10.2 Å². The van der Waals surface area contributed by atoms with Gasteiger partial charge in [-0.2, -0.15) is 0 Å². The van der Waals surface area contributed by atoms with Crippen molar-refractivity contribution in [3.8, 4) is 22.6 Å². The third-order valence-corrected chi connectivity index (χ3v) is 5.47. The summed E-state index contributed by atoms with van der Waals surface area (Å²) in [6.45, 7) is 2.30. The molecule has 0 bridgehead atoms. The number of pyridine rings is 1.